The molecule has 2 heterocycles. The van der Waals surface area contributed by atoms with Crippen LogP contribution in [0.3, 0.4) is 0 Å². The predicted octanol–water partition coefficient (Wildman–Crippen LogP) is 1.79. The lowest BCUT2D eigenvalue weighted by Gasteiger charge is -2.14. The Hall–Kier alpha value is -1.31. The fourth-order valence-electron chi connectivity index (χ4n) is 2.26. The molecule has 1 aromatic carbocycles. The van der Waals surface area contributed by atoms with Crippen molar-refractivity contribution in [2.45, 2.75) is 12.5 Å². The van der Waals surface area contributed by atoms with Crippen molar-refractivity contribution in [2.75, 3.05) is 6.54 Å². The van der Waals surface area contributed by atoms with E-state index in [0.717, 1.165) is 18.5 Å². The van der Waals surface area contributed by atoms with Gasteiger partial charge in [0.2, 0.25) is 0 Å². The first-order chi connectivity index (χ1) is 6.38. The third kappa shape index (κ3) is 0.804. The highest BCUT2D eigenvalue weighted by atomic mass is 16.2. The van der Waals surface area contributed by atoms with E-state index in [1.807, 2.05) is 23.1 Å². The Balaban J connectivity index is 2.19. The smallest absolute Gasteiger partial charge is 0.254 e. The maximum Gasteiger partial charge on any atom is 0.254 e. The minimum atomic E-state index is 0.203. The molecule has 0 saturated carbocycles. The van der Waals surface area contributed by atoms with Crippen molar-refractivity contribution in [1.82, 2.24) is 4.90 Å². The van der Waals surface area contributed by atoms with Crippen LogP contribution in [0.15, 0.2) is 24.3 Å². The number of fused-ring (bicyclic) bond motifs is 3. The summed E-state index contributed by atoms with van der Waals surface area (Å²) >= 11 is 0. The van der Waals surface area contributed by atoms with Crippen LogP contribution < -0.4 is 0 Å². The van der Waals surface area contributed by atoms with Gasteiger partial charge in [-0.3, -0.25) is 4.79 Å². The highest BCUT2D eigenvalue weighted by Gasteiger charge is 2.39. The van der Waals surface area contributed by atoms with Crippen molar-refractivity contribution >= 4 is 5.91 Å². The number of rotatable bonds is 0. The van der Waals surface area contributed by atoms with Crippen molar-refractivity contribution in [3.8, 4) is 0 Å². The number of benzene rings is 1. The van der Waals surface area contributed by atoms with Gasteiger partial charge in [0.05, 0.1) is 6.04 Å². The molecule has 2 heteroatoms. The number of hydrogen-bond acceptors (Lipinski definition) is 1. The van der Waals surface area contributed by atoms with Gasteiger partial charge in [-0.25, -0.2) is 0 Å². The fraction of sp³-hybridized carbons (Fsp3) is 0.273. The summed E-state index contributed by atoms with van der Waals surface area (Å²) in [5.41, 5.74) is 2.08. The molecule has 1 unspecified atom stereocenters. The van der Waals surface area contributed by atoms with Crippen LogP contribution in [-0.4, -0.2) is 17.4 Å². The molecule has 0 aliphatic carbocycles. The minimum Gasteiger partial charge on any atom is -0.331 e. The molecule has 1 aromatic rings. The molecule has 0 aromatic heterocycles. The van der Waals surface area contributed by atoms with Crippen molar-refractivity contribution in [2.24, 2.45) is 0 Å². The van der Waals surface area contributed by atoms with Crippen molar-refractivity contribution in [3.63, 3.8) is 0 Å². The lowest BCUT2D eigenvalue weighted by Crippen LogP contribution is -2.22. The van der Waals surface area contributed by atoms with Crippen LogP contribution in [0.4, 0.5) is 0 Å². The Morgan fingerprint density at radius 3 is 3.08 bits per heavy atom. The molecule has 2 aliphatic rings. The van der Waals surface area contributed by atoms with Gasteiger partial charge in [-0.15, -0.1) is 0 Å². The van der Waals surface area contributed by atoms with E-state index in [9.17, 15) is 4.79 Å². The molecular formula is C11H10NO. The zero-order valence-corrected chi connectivity index (χ0v) is 7.23. The number of nitrogens with zero attached hydrogens (tertiary/aromatic N) is 1. The molecule has 1 atom stereocenters. The summed E-state index contributed by atoms with van der Waals surface area (Å²) < 4.78 is 0. The first-order valence-electron chi connectivity index (χ1n) is 4.61. The number of amides is 1. The number of carbonyl (C=O) groups is 1. The Kier molecular flexibility index (Phi) is 1.29. The molecule has 2 nitrogen and oxygen atoms in total. The summed E-state index contributed by atoms with van der Waals surface area (Å²) in [4.78, 5) is 13.7. The standard InChI is InChI=1S/C11H10NO/c13-11-9-5-2-1-4-8(9)10-6-3-7-12(10)11/h1-2,4-6,10H,3,7H2. The first kappa shape index (κ1) is 7.13. The molecule has 0 bridgehead atoms. The maximum absolute atomic E-state index is 11.8. The van der Waals surface area contributed by atoms with Crippen LogP contribution >= 0.6 is 0 Å². The van der Waals surface area contributed by atoms with Gasteiger partial charge < -0.3 is 4.90 Å². The molecule has 1 radical (unpaired) electrons. The topological polar surface area (TPSA) is 20.3 Å². The molecule has 0 N–H and O–H groups in total. The fourth-order valence-corrected chi connectivity index (χ4v) is 2.26. The van der Waals surface area contributed by atoms with E-state index in [-0.39, 0.29) is 11.9 Å². The summed E-state index contributed by atoms with van der Waals surface area (Å²) in [6.45, 7) is 0.887. The van der Waals surface area contributed by atoms with Crippen LogP contribution in [0, 0.1) is 6.42 Å². The van der Waals surface area contributed by atoms with Crippen molar-refractivity contribution < 1.29 is 4.79 Å². The van der Waals surface area contributed by atoms with Gasteiger partial charge in [0, 0.05) is 12.1 Å². The van der Waals surface area contributed by atoms with Gasteiger partial charge in [-0.05, 0) is 24.5 Å². The molecular weight excluding hydrogens is 162 g/mol. The summed E-state index contributed by atoms with van der Waals surface area (Å²) in [5.74, 6) is 0.203. The van der Waals surface area contributed by atoms with E-state index >= 15 is 0 Å². The Bertz CT molecular complexity index is 372. The second-order valence-corrected chi connectivity index (χ2v) is 3.56. The van der Waals surface area contributed by atoms with Crippen LogP contribution in [0.25, 0.3) is 0 Å². The van der Waals surface area contributed by atoms with Gasteiger partial charge in [0.25, 0.3) is 5.91 Å². The largest absolute Gasteiger partial charge is 0.331 e. The SMILES string of the molecule is O=C1c2ccccc2C2[CH]CCN12. The lowest BCUT2D eigenvalue weighted by molar-refractivity contribution is 0.0783. The number of hydrogen-bond donors (Lipinski definition) is 0. The molecule has 1 amide bonds. The van der Waals surface area contributed by atoms with Gasteiger partial charge in [0.15, 0.2) is 0 Å². The lowest BCUT2D eigenvalue weighted by atomic mass is 10.0. The summed E-state index contributed by atoms with van der Waals surface area (Å²) in [6, 6.07) is 8.17. The molecule has 3 rings (SSSR count). The van der Waals surface area contributed by atoms with E-state index in [2.05, 4.69) is 12.5 Å². The molecule has 65 valence electrons. The summed E-state index contributed by atoms with van der Waals surface area (Å²) in [6.07, 6.45) is 3.26. The highest BCUT2D eigenvalue weighted by molar-refractivity contribution is 5.99. The average molecular weight is 172 g/mol. The monoisotopic (exact) mass is 172 g/mol. The summed E-state index contributed by atoms with van der Waals surface area (Å²) in [7, 11) is 0. The van der Waals surface area contributed by atoms with Crippen molar-refractivity contribution in [1.29, 1.82) is 0 Å². The van der Waals surface area contributed by atoms with E-state index in [0.29, 0.717) is 0 Å². The van der Waals surface area contributed by atoms with Crippen LogP contribution in [-0.2, 0) is 0 Å². The second kappa shape index (κ2) is 2.34. The van der Waals surface area contributed by atoms with Crippen LogP contribution in [0.5, 0.6) is 0 Å². The van der Waals surface area contributed by atoms with Crippen LogP contribution in [0.1, 0.15) is 28.4 Å². The Morgan fingerprint density at radius 1 is 1.31 bits per heavy atom. The summed E-state index contributed by atoms with van der Waals surface area (Å²) in [5, 5.41) is 0. The van der Waals surface area contributed by atoms with E-state index < -0.39 is 0 Å². The highest BCUT2D eigenvalue weighted by Crippen LogP contribution is 2.39. The Morgan fingerprint density at radius 2 is 2.15 bits per heavy atom. The van der Waals surface area contributed by atoms with Gasteiger partial charge in [-0.2, -0.15) is 0 Å². The van der Waals surface area contributed by atoms with Gasteiger partial charge in [0.1, 0.15) is 0 Å². The van der Waals surface area contributed by atoms with Gasteiger partial charge in [-0.1, -0.05) is 18.2 Å². The zero-order valence-electron chi connectivity index (χ0n) is 7.23. The Labute approximate surface area is 77.2 Å². The average Bonchev–Trinajstić information content (AvgIpc) is 2.72. The molecule has 1 saturated heterocycles. The minimum absolute atomic E-state index is 0.203. The molecule has 1 fully saturated rings. The first-order valence-corrected chi connectivity index (χ1v) is 4.61. The van der Waals surface area contributed by atoms with E-state index in [1.165, 1.54) is 5.56 Å². The van der Waals surface area contributed by atoms with Crippen molar-refractivity contribution in [3.05, 3.63) is 41.8 Å². The predicted molar refractivity (Wildman–Crippen MR) is 49.1 cm³/mol. The number of carbonyl (C=O) groups excluding carboxylic acids is 1. The van der Waals surface area contributed by atoms with Gasteiger partial charge >= 0.3 is 0 Å². The zero-order chi connectivity index (χ0) is 8.84. The van der Waals surface area contributed by atoms with Crippen LogP contribution in [0.2, 0.25) is 0 Å². The molecule has 2 aliphatic heterocycles. The molecule has 13 heavy (non-hydrogen) atoms. The maximum atomic E-state index is 11.8. The van der Waals surface area contributed by atoms with E-state index in [4.69, 9.17) is 0 Å². The van der Waals surface area contributed by atoms with E-state index in [1.54, 1.807) is 0 Å². The molecule has 0 spiro atoms. The second-order valence-electron chi connectivity index (χ2n) is 3.56. The third-order valence-electron chi connectivity index (χ3n) is 2.87. The quantitative estimate of drug-likeness (QED) is 0.584. The third-order valence-corrected chi connectivity index (χ3v) is 2.87. The normalized spacial score (nSPS) is 24.8.